The van der Waals surface area contributed by atoms with Crippen molar-refractivity contribution in [2.45, 2.75) is 0 Å². The molecular weight excluding hydrogens is 283 g/mol. The second-order valence-electron chi connectivity index (χ2n) is 2.32. The number of halogens is 3. The summed E-state index contributed by atoms with van der Waals surface area (Å²) in [5.74, 6) is 1.02. The van der Waals surface area contributed by atoms with Crippen LogP contribution in [0.4, 0.5) is 0 Å². The first-order valence-corrected chi connectivity index (χ1v) is 7.63. The van der Waals surface area contributed by atoms with Crippen LogP contribution in [0.3, 0.4) is 0 Å². The highest BCUT2D eigenvalue weighted by Gasteiger charge is 2.44. The predicted octanol–water partition coefficient (Wildman–Crippen LogP) is 1.83. The standard InChI is InChI=1S/C7H15Cl3O4Si/c1-11-15(12-5-2-8,13-6-3-9)14-7-4-10/h2-7H2,1H3. The maximum absolute atomic E-state index is 5.51. The molecule has 0 radical (unpaired) electrons. The van der Waals surface area contributed by atoms with Crippen molar-refractivity contribution in [2.24, 2.45) is 0 Å². The molecule has 0 aromatic rings. The molecule has 0 heterocycles. The van der Waals surface area contributed by atoms with E-state index >= 15 is 0 Å². The lowest BCUT2D eigenvalue weighted by Gasteiger charge is -2.25. The Labute approximate surface area is 106 Å². The van der Waals surface area contributed by atoms with Gasteiger partial charge in [0.15, 0.2) is 0 Å². The molecular formula is C7H15Cl3O4Si. The average molecular weight is 298 g/mol. The average Bonchev–Trinajstić information content (AvgIpc) is 2.29. The number of rotatable bonds is 10. The minimum atomic E-state index is -3.09. The summed E-state index contributed by atoms with van der Waals surface area (Å²) in [5, 5.41) is 0. The summed E-state index contributed by atoms with van der Waals surface area (Å²) in [7, 11) is -1.62. The van der Waals surface area contributed by atoms with Crippen LogP contribution in [-0.2, 0) is 17.7 Å². The SMILES string of the molecule is CO[Si](OCCCl)(OCCCl)OCCCl. The van der Waals surface area contributed by atoms with Gasteiger partial charge in [-0.3, -0.25) is 0 Å². The van der Waals surface area contributed by atoms with Crippen molar-refractivity contribution in [1.29, 1.82) is 0 Å². The monoisotopic (exact) mass is 296 g/mol. The lowest BCUT2D eigenvalue weighted by molar-refractivity contribution is -0.0129. The quantitative estimate of drug-likeness (QED) is 0.455. The van der Waals surface area contributed by atoms with Crippen LogP contribution in [0.15, 0.2) is 0 Å². The molecule has 0 unspecified atom stereocenters. The van der Waals surface area contributed by atoms with Gasteiger partial charge < -0.3 is 17.7 Å². The third-order valence-electron chi connectivity index (χ3n) is 1.32. The van der Waals surface area contributed by atoms with Crippen molar-refractivity contribution >= 4 is 43.9 Å². The fourth-order valence-corrected chi connectivity index (χ4v) is 3.07. The van der Waals surface area contributed by atoms with E-state index in [1.165, 1.54) is 7.11 Å². The van der Waals surface area contributed by atoms with Crippen molar-refractivity contribution in [3.63, 3.8) is 0 Å². The first-order valence-electron chi connectivity index (χ1n) is 4.39. The highest BCUT2D eigenvalue weighted by Crippen LogP contribution is 2.11. The molecule has 92 valence electrons. The summed E-state index contributed by atoms with van der Waals surface area (Å²) in [6.07, 6.45) is 0. The molecule has 0 atom stereocenters. The fraction of sp³-hybridized carbons (Fsp3) is 1.00. The van der Waals surface area contributed by atoms with E-state index in [9.17, 15) is 0 Å². The van der Waals surface area contributed by atoms with Crippen LogP contribution in [-0.4, -0.2) is 53.6 Å². The Bertz CT molecular complexity index is 130. The van der Waals surface area contributed by atoms with Crippen LogP contribution in [0.2, 0.25) is 0 Å². The first-order chi connectivity index (χ1) is 7.24. The molecule has 0 aliphatic heterocycles. The van der Waals surface area contributed by atoms with Gasteiger partial charge in [-0.25, -0.2) is 0 Å². The minimum Gasteiger partial charge on any atom is -0.355 e. The Kier molecular flexibility index (Phi) is 10.7. The van der Waals surface area contributed by atoms with Crippen LogP contribution in [0.25, 0.3) is 0 Å². The molecule has 15 heavy (non-hydrogen) atoms. The summed E-state index contributed by atoms with van der Waals surface area (Å²) in [6, 6.07) is 0. The minimum absolute atomic E-state index is 0.298. The fourth-order valence-electron chi connectivity index (χ4n) is 0.793. The summed E-state index contributed by atoms with van der Waals surface area (Å²) < 4.78 is 21.2. The van der Waals surface area contributed by atoms with Crippen LogP contribution in [0.1, 0.15) is 0 Å². The summed E-state index contributed by atoms with van der Waals surface area (Å²) >= 11 is 16.5. The molecule has 0 aromatic carbocycles. The van der Waals surface area contributed by atoms with Gasteiger partial charge in [0.2, 0.25) is 0 Å². The summed E-state index contributed by atoms with van der Waals surface area (Å²) in [4.78, 5) is 0. The predicted molar refractivity (Wildman–Crippen MR) is 62.8 cm³/mol. The van der Waals surface area contributed by atoms with Crippen LogP contribution in [0, 0.1) is 0 Å². The van der Waals surface area contributed by atoms with Gasteiger partial charge in [0.05, 0.1) is 19.8 Å². The molecule has 0 aliphatic rings. The number of hydrogen-bond donors (Lipinski definition) is 0. The maximum Gasteiger partial charge on any atom is 0.679 e. The molecule has 0 bridgehead atoms. The van der Waals surface area contributed by atoms with E-state index in [1.807, 2.05) is 0 Å². The highest BCUT2D eigenvalue weighted by atomic mass is 35.5. The maximum atomic E-state index is 5.51. The number of alkyl halides is 3. The molecule has 0 N–H and O–H groups in total. The molecule has 0 aromatic heterocycles. The zero-order valence-electron chi connectivity index (χ0n) is 8.51. The van der Waals surface area contributed by atoms with E-state index in [0.29, 0.717) is 37.5 Å². The van der Waals surface area contributed by atoms with E-state index in [1.54, 1.807) is 0 Å². The summed E-state index contributed by atoms with van der Waals surface area (Å²) in [5.41, 5.74) is 0. The second-order valence-corrected chi connectivity index (χ2v) is 5.72. The Hall–Kier alpha value is 0.927. The smallest absolute Gasteiger partial charge is 0.355 e. The lowest BCUT2D eigenvalue weighted by atomic mass is 10.9. The first kappa shape index (κ1) is 15.9. The van der Waals surface area contributed by atoms with Gasteiger partial charge in [-0.2, -0.15) is 0 Å². The van der Waals surface area contributed by atoms with Crippen molar-refractivity contribution in [2.75, 3.05) is 44.6 Å². The van der Waals surface area contributed by atoms with Crippen molar-refractivity contribution in [3.8, 4) is 0 Å². The normalized spacial score (nSPS) is 12.0. The highest BCUT2D eigenvalue weighted by molar-refractivity contribution is 6.53. The van der Waals surface area contributed by atoms with E-state index < -0.39 is 9.05 Å². The third kappa shape index (κ3) is 6.96. The molecule has 0 rings (SSSR count). The molecule has 0 amide bonds. The van der Waals surface area contributed by atoms with Gasteiger partial charge in [-0.15, -0.1) is 34.8 Å². The zero-order chi connectivity index (χ0) is 11.6. The van der Waals surface area contributed by atoms with Crippen LogP contribution < -0.4 is 0 Å². The Morgan fingerprint density at radius 1 is 0.800 bits per heavy atom. The Balaban J connectivity index is 4.16. The van der Waals surface area contributed by atoms with Gasteiger partial charge >= 0.3 is 9.05 Å². The molecule has 0 saturated heterocycles. The van der Waals surface area contributed by atoms with E-state index in [-0.39, 0.29) is 0 Å². The van der Waals surface area contributed by atoms with Gasteiger partial charge in [0.25, 0.3) is 0 Å². The Morgan fingerprint density at radius 3 is 1.33 bits per heavy atom. The van der Waals surface area contributed by atoms with Crippen LogP contribution >= 0.6 is 34.8 Å². The topological polar surface area (TPSA) is 36.9 Å². The van der Waals surface area contributed by atoms with E-state index in [2.05, 4.69) is 0 Å². The largest absolute Gasteiger partial charge is 0.679 e. The lowest BCUT2D eigenvalue weighted by Crippen LogP contribution is -2.49. The van der Waals surface area contributed by atoms with Crippen LogP contribution in [0.5, 0.6) is 0 Å². The molecule has 8 heteroatoms. The third-order valence-corrected chi connectivity index (χ3v) is 3.95. The van der Waals surface area contributed by atoms with E-state index in [4.69, 9.17) is 52.5 Å². The number of hydrogen-bond acceptors (Lipinski definition) is 4. The van der Waals surface area contributed by atoms with Gasteiger partial charge in [0, 0.05) is 24.7 Å². The molecule has 0 fully saturated rings. The molecule has 0 aliphatic carbocycles. The van der Waals surface area contributed by atoms with Gasteiger partial charge in [-0.05, 0) is 0 Å². The molecule has 4 nitrogen and oxygen atoms in total. The van der Waals surface area contributed by atoms with Gasteiger partial charge in [0.1, 0.15) is 0 Å². The zero-order valence-corrected chi connectivity index (χ0v) is 11.8. The van der Waals surface area contributed by atoms with Gasteiger partial charge in [-0.1, -0.05) is 0 Å². The van der Waals surface area contributed by atoms with Crippen molar-refractivity contribution < 1.29 is 17.7 Å². The van der Waals surface area contributed by atoms with E-state index in [0.717, 1.165) is 0 Å². The second kappa shape index (κ2) is 10.1. The summed E-state index contributed by atoms with van der Waals surface area (Å²) in [6.45, 7) is 0.893. The Morgan fingerprint density at radius 2 is 1.13 bits per heavy atom. The molecule has 0 spiro atoms. The van der Waals surface area contributed by atoms with Crippen molar-refractivity contribution in [3.05, 3.63) is 0 Å². The molecule has 0 saturated carbocycles. The van der Waals surface area contributed by atoms with Crippen molar-refractivity contribution in [1.82, 2.24) is 0 Å².